The van der Waals surface area contributed by atoms with Crippen LogP contribution in [0.15, 0.2) is 48.5 Å². The molecule has 0 spiro atoms. The van der Waals surface area contributed by atoms with E-state index in [4.69, 9.17) is 9.47 Å². The molecule has 3 nitrogen and oxygen atoms in total. The second-order valence-electron chi connectivity index (χ2n) is 5.97. The summed E-state index contributed by atoms with van der Waals surface area (Å²) in [5, 5.41) is 0. The van der Waals surface area contributed by atoms with Crippen LogP contribution in [0.1, 0.15) is 31.4 Å². The van der Waals surface area contributed by atoms with Crippen molar-refractivity contribution in [2.24, 2.45) is 0 Å². The first-order valence-electron chi connectivity index (χ1n) is 7.06. The van der Waals surface area contributed by atoms with Crippen LogP contribution in [0.5, 0.6) is 11.5 Å². The van der Waals surface area contributed by atoms with Gasteiger partial charge in [-0.1, -0.05) is 44.2 Å². The Morgan fingerprint density at radius 3 is 2.67 bits per heavy atom. The van der Waals surface area contributed by atoms with E-state index in [9.17, 15) is 4.79 Å². The smallest absolute Gasteiger partial charge is 0.312 e. The largest absolute Gasteiger partial charge is 0.489 e. The fourth-order valence-corrected chi connectivity index (χ4v) is 2.57. The number of carbonyl (C=O) groups excluding carboxylic acids is 1. The van der Waals surface area contributed by atoms with Crippen molar-refractivity contribution < 1.29 is 14.3 Å². The molecule has 0 amide bonds. The summed E-state index contributed by atoms with van der Waals surface area (Å²) in [5.74, 6) is 1.26. The van der Waals surface area contributed by atoms with E-state index in [0.717, 1.165) is 16.9 Å². The molecule has 0 bridgehead atoms. The molecular formula is C18H18O3. The minimum Gasteiger partial charge on any atom is -0.489 e. The summed E-state index contributed by atoms with van der Waals surface area (Å²) in [5.41, 5.74) is 1.92. The Kier molecular flexibility index (Phi) is 3.42. The van der Waals surface area contributed by atoms with E-state index in [1.54, 1.807) is 0 Å². The number of ether oxygens (including phenoxy) is 2. The van der Waals surface area contributed by atoms with Crippen LogP contribution in [-0.2, 0) is 16.8 Å². The van der Waals surface area contributed by atoms with Crippen molar-refractivity contribution in [2.75, 3.05) is 0 Å². The van der Waals surface area contributed by atoms with Gasteiger partial charge in [-0.3, -0.25) is 4.79 Å². The maximum absolute atomic E-state index is 11.6. The molecule has 0 N–H and O–H groups in total. The third-order valence-electron chi connectivity index (χ3n) is 3.74. The van der Waals surface area contributed by atoms with Gasteiger partial charge in [0, 0.05) is 11.0 Å². The molecule has 0 saturated heterocycles. The molecule has 0 aliphatic carbocycles. The quantitative estimate of drug-likeness (QED) is 0.633. The third-order valence-corrected chi connectivity index (χ3v) is 3.74. The van der Waals surface area contributed by atoms with Crippen LogP contribution in [0.3, 0.4) is 0 Å². The average molecular weight is 282 g/mol. The van der Waals surface area contributed by atoms with Crippen LogP contribution in [0, 0.1) is 0 Å². The molecule has 0 radical (unpaired) electrons. The van der Waals surface area contributed by atoms with Gasteiger partial charge in [-0.05, 0) is 23.8 Å². The van der Waals surface area contributed by atoms with Crippen molar-refractivity contribution in [3.05, 3.63) is 59.7 Å². The molecule has 0 saturated carbocycles. The highest BCUT2D eigenvalue weighted by atomic mass is 16.5. The Hall–Kier alpha value is -2.29. The van der Waals surface area contributed by atoms with Gasteiger partial charge >= 0.3 is 5.97 Å². The Morgan fingerprint density at radius 1 is 1.14 bits per heavy atom. The van der Waals surface area contributed by atoms with Gasteiger partial charge in [0.05, 0.1) is 6.42 Å². The van der Waals surface area contributed by atoms with E-state index in [-0.39, 0.29) is 11.4 Å². The second kappa shape index (κ2) is 5.24. The molecule has 3 rings (SSSR count). The molecule has 0 unspecified atom stereocenters. The fourth-order valence-electron chi connectivity index (χ4n) is 2.57. The summed E-state index contributed by atoms with van der Waals surface area (Å²) in [6.07, 6.45) is 0.391. The summed E-state index contributed by atoms with van der Waals surface area (Å²) < 4.78 is 11.1. The molecule has 0 aromatic heterocycles. The highest BCUT2D eigenvalue weighted by Gasteiger charge is 2.33. The maximum Gasteiger partial charge on any atom is 0.312 e. The van der Waals surface area contributed by atoms with E-state index in [2.05, 4.69) is 0 Å². The maximum atomic E-state index is 11.6. The number of hydrogen-bond acceptors (Lipinski definition) is 3. The normalized spacial score (nSPS) is 16.0. The zero-order chi connectivity index (χ0) is 14.9. The zero-order valence-electron chi connectivity index (χ0n) is 12.3. The average Bonchev–Trinajstić information content (AvgIpc) is 2.45. The van der Waals surface area contributed by atoms with E-state index >= 15 is 0 Å². The van der Waals surface area contributed by atoms with Gasteiger partial charge in [0.2, 0.25) is 0 Å². The van der Waals surface area contributed by atoms with E-state index < -0.39 is 0 Å². The summed E-state index contributed by atoms with van der Waals surface area (Å²) in [6, 6.07) is 15.7. The number of benzene rings is 2. The first kappa shape index (κ1) is 13.7. The summed E-state index contributed by atoms with van der Waals surface area (Å²) >= 11 is 0. The van der Waals surface area contributed by atoms with Crippen LogP contribution >= 0.6 is 0 Å². The van der Waals surface area contributed by atoms with Crippen LogP contribution in [0.2, 0.25) is 0 Å². The highest BCUT2D eigenvalue weighted by Crippen LogP contribution is 2.40. The van der Waals surface area contributed by atoms with Gasteiger partial charge < -0.3 is 9.47 Å². The van der Waals surface area contributed by atoms with Crippen LogP contribution in [0.4, 0.5) is 0 Å². The van der Waals surface area contributed by atoms with Crippen molar-refractivity contribution in [3.63, 3.8) is 0 Å². The fraction of sp³-hybridized carbons (Fsp3) is 0.278. The lowest BCUT2D eigenvalue weighted by Crippen LogP contribution is -2.30. The van der Waals surface area contributed by atoms with Crippen molar-refractivity contribution in [1.29, 1.82) is 0 Å². The third kappa shape index (κ3) is 2.92. The molecule has 0 atom stereocenters. The molecule has 2 aromatic rings. The SMILES string of the molecule is CC1(C)CC(=O)Oc2ccc(OCc3ccccc3)cc21. The zero-order valence-corrected chi connectivity index (χ0v) is 12.3. The Morgan fingerprint density at radius 2 is 1.90 bits per heavy atom. The van der Waals surface area contributed by atoms with E-state index in [1.165, 1.54) is 0 Å². The molecule has 108 valence electrons. The second-order valence-corrected chi connectivity index (χ2v) is 5.97. The monoisotopic (exact) mass is 282 g/mol. The predicted molar refractivity (Wildman–Crippen MR) is 80.5 cm³/mol. The van der Waals surface area contributed by atoms with Gasteiger partial charge in [-0.2, -0.15) is 0 Å². The molecule has 1 aliphatic heterocycles. The standard InChI is InChI=1S/C18H18O3/c1-18(2)11-17(19)21-16-9-8-14(10-15(16)18)20-12-13-6-4-3-5-7-13/h3-10H,11-12H2,1-2H3. The lowest BCUT2D eigenvalue weighted by atomic mass is 9.79. The first-order chi connectivity index (χ1) is 10.0. The molecule has 0 fully saturated rings. The first-order valence-corrected chi connectivity index (χ1v) is 7.06. The minimum absolute atomic E-state index is 0.176. The number of fused-ring (bicyclic) bond motifs is 1. The molecule has 2 aromatic carbocycles. The van der Waals surface area contributed by atoms with Crippen molar-refractivity contribution in [2.45, 2.75) is 32.3 Å². The van der Waals surface area contributed by atoms with E-state index in [1.807, 2.05) is 62.4 Å². The molecule has 1 heterocycles. The molecule has 21 heavy (non-hydrogen) atoms. The molecule has 3 heteroatoms. The lowest BCUT2D eigenvalue weighted by Gasteiger charge is -2.31. The number of carbonyl (C=O) groups is 1. The van der Waals surface area contributed by atoms with Gasteiger partial charge in [0.25, 0.3) is 0 Å². The summed E-state index contributed by atoms with van der Waals surface area (Å²) in [6.45, 7) is 4.63. The van der Waals surface area contributed by atoms with Crippen molar-refractivity contribution in [1.82, 2.24) is 0 Å². The minimum atomic E-state index is -0.225. The number of rotatable bonds is 3. The van der Waals surface area contributed by atoms with Crippen molar-refractivity contribution in [3.8, 4) is 11.5 Å². The van der Waals surface area contributed by atoms with Crippen LogP contribution in [-0.4, -0.2) is 5.97 Å². The number of esters is 1. The van der Waals surface area contributed by atoms with Gasteiger partial charge in [0.15, 0.2) is 0 Å². The van der Waals surface area contributed by atoms with Crippen molar-refractivity contribution >= 4 is 5.97 Å². The lowest BCUT2D eigenvalue weighted by molar-refractivity contribution is -0.136. The van der Waals surface area contributed by atoms with Gasteiger partial charge in [-0.25, -0.2) is 0 Å². The van der Waals surface area contributed by atoms with Crippen LogP contribution in [0.25, 0.3) is 0 Å². The topological polar surface area (TPSA) is 35.5 Å². The molecule has 1 aliphatic rings. The predicted octanol–water partition coefficient (Wildman–Crippen LogP) is 3.85. The van der Waals surface area contributed by atoms with Crippen LogP contribution < -0.4 is 9.47 Å². The van der Waals surface area contributed by atoms with Gasteiger partial charge in [-0.15, -0.1) is 0 Å². The summed E-state index contributed by atoms with van der Waals surface area (Å²) in [7, 11) is 0. The Bertz CT molecular complexity index is 659. The highest BCUT2D eigenvalue weighted by molar-refractivity contribution is 5.77. The number of hydrogen-bond donors (Lipinski definition) is 0. The molecular weight excluding hydrogens is 264 g/mol. The summed E-state index contributed by atoms with van der Waals surface area (Å²) in [4.78, 5) is 11.6. The van der Waals surface area contributed by atoms with Gasteiger partial charge in [0.1, 0.15) is 18.1 Å². The Labute approximate surface area is 124 Å². The van der Waals surface area contributed by atoms with E-state index in [0.29, 0.717) is 18.8 Å². The Balaban J connectivity index is 1.81.